The molecule has 1 unspecified atom stereocenters. The molecule has 1 rings (SSSR count). The molecular weight excluding hydrogens is 180 g/mol. The Labute approximate surface area is 84.3 Å². The van der Waals surface area contributed by atoms with Gasteiger partial charge in [-0.05, 0) is 21.0 Å². The van der Waals surface area contributed by atoms with Crippen LogP contribution in [0, 0.1) is 6.92 Å². The van der Waals surface area contributed by atoms with E-state index in [0.29, 0.717) is 0 Å². The van der Waals surface area contributed by atoms with Crippen molar-refractivity contribution in [2.24, 2.45) is 5.73 Å². The standard InChI is InChI=1S/C10H18N2O2/c1-7-10(9(13)4-11)8(6-14-7)5-12(2)3/h6,9,13H,4-5,11H2,1-3H3. The first-order chi connectivity index (χ1) is 6.56. The molecular formula is C10H18N2O2. The summed E-state index contributed by atoms with van der Waals surface area (Å²) in [6.45, 7) is 2.82. The molecule has 1 aromatic rings. The first-order valence-electron chi connectivity index (χ1n) is 4.66. The van der Waals surface area contributed by atoms with Crippen molar-refractivity contribution in [3.63, 3.8) is 0 Å². The minimum absolute atomic E-state index is 0.223. The van der Waals surface area contributed by atoms with Crippen LogP contribution in [0.3, 0.4) is 0 Å². The number of rotatable bonds is 4. The minimum atomic E-state index is -0.622. The van der Waals surface area contributed by atoms with Crippen molar-refractivity contribution in [2.45, 2.75) is 19.6 Å². The molecule has 0 aliphatic carbocycles. The van der Waals surface area contributed by atoms with E-state index < -0.39 is 6.10 Å². The highest BCUT2D eigenvalue weighted by Crippen LogP contribution is 2.24. The summed E-state index contributed by atoms with van der Waals surface area (Å²) in [5.41, 5.74) is 7.27. The zero-order valence-corrected chi connectivity index (χ0v) is 8.95. The number of aliphatic hydroxyl groups excluding tert-OH is 1. The smallest absolute Gasteiger partial charge is 0.106 e. The second-order valence-electron chi connectivity index (χ2n) is 3.72. The lowest BCUT2D eigenvalue weighted by Gasteiger charge is -2.13. The maximum atomic E-state index is 9.69. The van der Waals surface area contributed by atoms with Crippen LogP contribution in [0.1, 0.15) is 23.0 Å². The monoisotopic (exact) mass is 198 g/mol. The molecule has 0 radical (unpaired) electrons. The molecule has 0 fully saturated rings. The van der Waals surface area contributed by atoms with Crippen LogP contribution in [-0.2, 0) is 6.54 Å². The van der Waals surface area contributed by atoms with Crippen molar-refractivity contribution in [3.05, 3.63) is 23.2 Å². The lowest BCUT2D eigenvalue weighted by Crippen LogP contribution is -2.16. The van der Waals surface area contributed by atoms with E-state index >= 15 is 0 Å². The van der Waals surface area contributed by atoms with Gasteiger partial charge in [0.1, 0.15) is 5.76 Å². The fourth-order valence-corrected chi connectivity index (χ4v) is 1.54. The molecule has 0 spiro atoms. The Morgan fingerprint density at radius 2 is 2.21 bits per heavy atom. The Balaban J connectivity index is 2.93. The van der Waals surface area contributed by atoms with Crippen molar-refractivity contribution in [3.8, 4) is 0 Å². The number of aryl methyl sites for hydroxylation is 1. The third-order valence-corrected chi connectivity index (χ3v) is 2.15. The molecule has 1 atom stereocenters. The van der Waals surface area contributed by atoms with Gasteiger partial charge in [-0.1, -0.05) is 0 Å². The Kier molecular flexibility index (Phi) is 3.69. The lowest BCUT2D eigenvalue weighted by molar-refractivity contribution is 0.183. The summed E-state index contributed by atoms with van der Waals surface area (Å²) in [5, 5.41) is 9.69. The number of hydrogen-bond acceptors (Lipinski definition) is 4. The molecule has 4 nitrogen and oxygen atoms in total. The molecule has 3 N–H and O–H groups in total. The number of hydrogen-bond donors (Lipinski definition) is 2. The van der Waals surface area contributed by atoms with Gasteiger partial charge < -0.3 is 20.2 Å². The third-order valence-electron chi connectivity index (χ3n) is 2.15. The maximum Gasteiger partial charge on any atom is 0.106 e. The van der Waals surface area contributed by atoms with Crippen LogP contribution in [0.4, 0.5) is 0 Å². The Morgan fingerprint density at radius 3 is 2.71 bits per heavy atom. The number of aliphatic hydroxyl groups is 1. The highest BCUT2D eigenvalue weighted by molar-refractivity contribution is 5.29. The normalized spacial score (nSPS) is 13.6. The molecule has 0 saturated heterocycles. The predicted molar refractivity (Wildman–Crippen MR) is 54.9 cm³/mol. The van der Waals surface area contributed by atoms with E-state index in [-0.39, 0.29) is 6.54 Å². The zero-order chi connectivity index (χ0) is 10.7. The van der Waals surface area contributed by atoms with E-state index in [2.05, 4.69) is 0 Å². The van der Waals surface area contributed by atoms with E-state index in [0.717, 1.165) is 23.4 Å². The van der Waals surface area contributed by atoms with E-state index in [4.69, 9.17) is 10.2 Å². The molecule has 1 aromatic heterocycles. The van der Waals surface area contributed by atoms with Gasteiger partial charge in [-0.3, -0.25) is 0 Å². The van der Waals surface area contributed by atoms with Gasteiger partial charge in [-0.25, -0.2) is 0 Å². The average Bonchev–Trinajstić information content (AvgIpc) is 2.45. The molecule has 0 aliphatic heterocycles. The molecule has 0 bridgehead atoms. The van der Waals surface area contributed by atoms with Gasteiger partial charge in [0.25, 0.3) is 0 Å². The van der Waals surface area contributed by atoms with Crippen LogP contribution in [0.5, 0.6) is 0 Å². The van der Waals surface area contributed by atoms with E-state index in [1.807, 2.05) is 25.9 Å². The highest BCUT2D eigenvalue weighted by Gasteiger charge is 2.17. The predicted octanol–water partition coefficient (Wildman–Crippen LogP) is 0.642. The van der Waals surface area contributed by atoms with E-state index in [1.54, 1.807) is 6.26 Å². The second kappa shape index (κ2) is 4.59. The fraction of sp³-hybridized carbons (Fsp3) is 0.600. The molecule has 0 amide bonds. The van der Waals surface area contributed by atoms with Crippen molar-refractivity contribution in [1.29, 1.82) is 0 Å². The molecule has 0 aromatic carbocycles. The van der Waals surface area contributed by atoms with E-state index in [9.17, 15) is 5.11 Å². The van der Waals surface area contributed by atoms with Gasteiger partial charge in [0.2, 0.25) is 0 Å². The summed E-state index contributed by atoms with van der Waals surface area (Å²) in [7, 11) is 3.95. The van der Waals surface area contributed by atoms with Gasteiger partial charge in [0.05, 0.1) is 12.4 Å². The topological polar surface area (TPSA) is 62.6 Å². The van der Waals surface area contributed by atoms with Gasteiger partial charge in [-0.15, -0.1) is 0 Å². The Morgan fingerprint density at radius 1 is 1.57 bits per heavy atom. The van der Waals surface area contributed by atoms with Crippen LogP contribution in [0.25, 0.3) is 0 Å². The van der Waals surface area contributed by atoms with Crippen LogP contribution < -0.4 is 5.73 Å². The van der Waals surface area contributed by atoms with Crippen molar-refractivity contribution < 1.29 is 9.52 Å². The van der Waals surface area contributed by atoms with Crippen molar-refractivity contribution in [2.75, 3.05) is 20.6 Å². The highest BCUT2D eigenvalue weighted by atomic mass is 16.3. The maximum absolute atomic E-state index is 9.69. The molecule has 0 saturated carbocycles. The Bertz CT molecular complexity index is 294. The minimum Gasteiger partial charge on any atom is -0.469 e. The van der Waals surface area contributed by atoms with Gasteiger partial charge in [-0.2, -0.15) is 0 Å². The number of furan rings is 1. The van der Waals surface area contributed by atoms with Crippen molar-refractivity contribution >= 4 is 0 Å². The summed E-state index contributed by atoms with van der Waals surface area (Å²) >= 11 is 0. The van der Waals surface area contributed by atoms with Crippen LogP contribution in [-0.4, -0.2) is 30.6 Å². The average molecular weight is 198 g/mol. The summed E-state index contributed by atoms with van der Waals surface area (Å²) < 4.78 is 5.28. The summed E-state index contributed by atoms with van der Waals surface area (Å²) in [5.74, 6) is 0.750. The Hall–Kier alpha value is -0.840. The summed E-state index contributed by atoms with van der Waals surface area (Å²) in [6, 6.07) is 0. The van der Waals surface area contributed by atoms with Crippen LogP contribution in [0.2, 0.25) is 0 Å². The molecule has 0 aliphatic rings. The second-order valence-corrected chi connectivity index (χ2v) is 3.72. The third kappa shape index (κ3) is 2.35. The molecule has 1 heterocycles. The summed E-state index contributed by atoms with van der Waals surface area (Å²) in [6.07, 6.45) is 1.06. The van der Waals surface area contributed by atoms with Crippen LogP contribution >= 0.6 is 0 Å². The largest absolute Gasteiger partial charge is 0.469 e. The first kappa shape index (κ1) is 11.2. The van der Waals surface area contributed by atoms with Gasteiger partial charge >= 0.3 is 0 Å². The summed E-state index contributed by atoms with van der Waals surface area (Å²) in [4.78, 5) is 2.02. The quantitative estimate of drug-likeness (QED) is 0.745. The first-order valence-corrected chi connectivity index (χ1v) is 4.66. The van der Waals surface area contributed by atoms with Gasteiger partial charge in [0.15, 0.2) is 0 Å². The fourth-order valence-electron chi connectivity index (χ4n) is 1.54. The van der Waals surface area contributed by atoms with Crippen LogP contribution in [0.15, 0.2) is 10.7 Å². The molecule has 80 valence electrons. The van der Waals surface area contributed by atoms with E-state index in [1.165, 1.54) is 0 Å². The van der Waals surface area contributed by atoms with Gasteiger partial charge in [0, 0.05) is 24.2 Å². The molecule has 14 heavy (non-hydrogen) atoms. The SMILES string of the molecule is Cc1occ(CN(C)C)c1C(O)CN. The molecule has 4 heteroatoms. The number of nitrogens with zero attached hydrogens (tertiary/aromatic N) is 1. The van der Waals surface area contributed by atoms with Crippen molar-refractivity contribution in [1.82, 2.24) is 4.90 Å². The number of nitrogens with two attached hydrogens (primary N) is 1. The lowest BCUT2D eigenvalue weighted by atomic mass is 10.1. The zero-order valence-electron chi connectivity index (χ0n) is 8.95.